The van der Waals surface area contributed by atoms with E-state index in [2.05, 4.69) is 25.7 Å². The predicted octanol–water partition coefficient (Wildman–Crippen LogP) is 3.64. The first-order valence-electron chi connectivity index (χ1n) is 6.62. The first kappa shape index (κ1) is 13.8. The van der Waals surface area contributed by atoms with Crippen LogP contribution in [-0.4, -0.2) is 23.2 Å². The van der Waals surface area contributed by atoms with Gasteiger partial charge in [0.1, 0.15) is 5.82 Å². The Hall–Kier alpha value is -1.58. The van der Waals surface area contributed by atoms with Crippen molar-refractivity contribution in [2.45, 2.75) is 45.6 Å². The quantitative estimate of drug-likeness (QED) is 0.887. The third-order valence-electron chi connectivity index (χ3n) is 4.02. The van der Waals surface area contributed by atoms with Gasteiger partial charge < -0.3 is 10.0 Å². The Morgan fingerprint density at radius 1 is 1.53 bits per heavy atom. The van der Waals surface area contributed by atoms with Crippen LogP contribution >= 0.6 is 0 Å². The normalized spacial score (nSPS) is 21.1. The molecule has 1 N–H and O–H groups in total. The second-order valence-electron chi connectivity index (χ2n) is 5.86. The molecule has 1 heterocycles. The Bertz CT molecular complexity index is 525. The number of hydrogen-bond acceptors (Lipinski definition) is 2. The maximum absolute atomic E-state index is 13.9. The lowest BCUT2D eigenvalue weighted by Gasteiger charge is -2.47. The summed E-state index contributed by atoms with van der Waals surface area (Å²) in [5.41, 5.74) is 1.48. The molecule has 1 aliphatic rings. The van der Waals surface area contributed by atoms with Crippen molar-refractivity contribution in [2.24, 2.45) is 0 Å². The van der Waals surface area contributed by atoms with Gasteiger partial charge in [0.2, 0.25) is 0 Å². The fourth-order valence-corrected chi connectivity index (χ4v) is 3.27. The fraction of sp³-hybridized carbons (Fsp3) is 0.533. The lowest BCUT2D eigenvalue weighted by molar-refractivity contribution is 0.0691. The summed E-state index contributed by atoms with van der Waals surface area (Å²) in [6.45, 7) is 9.15. The molecule has 0 saturated heterocycles. The van der Waals surface area contributed by atoms with Crippen LogP contribution in [-0.2, 0) is 0 Å². The topological polar surface area (TPSA) is 40.5 Å². The van der Waals surface area contributed by atoms with Crippen molar-refractivity contribution in [3.8, 4) is 0 Å². The van der Waals surface area contributed by atoms with Crippen molar-refractivity contribution in [1.29, 1.82) is 0 Å². The Morgan fingerprint density at radius 2 is 2.16 bits per heavy atom. The van der Waals surface area contributed by atoms with Gasteiger partial charge in [-0.25, -0.2) is 9.18 Å². The number of carboxylic acid groups (broad SMARTS) is 1. The van der Waals surface area contributed by atoms with Gasteiger partial charge in [-0.15, -0.1) is 0 Å². The van der Waals surface area contributed by atoms with Crippen LogP contribution in [0, 0.1) is 5.82 Å². The maximum Gasteiger partial charge on any atom is 0.338 e. The zero-order valence-electron chi connectivity index (χ0n) is 11.8. The number of aromatic carboxylic acids is 1. The minimum atomic E-state index is -1.21. The molecule has 1 atom stereocenters. The molecule has 104 valence electrons. The van der Waals surface area contributed by atoms with Crippen LogP contribution in [0.25, 0.3) is 0 Å². The molecule has 0 aliphatic carbocycles. The first-order valence-corrected chi connectivity index (χ1v) is 6.62. The molecule has 3 nitrogen and oxygen atoms in total. The van der Waals surface area contributed by atoms with E-state index in [0.717, 1.165) is 24.2 Å². The van der Waals surface area contributed by atoms with Gasteiger partial charge in [0, 0.05) is 17.8 Å². The number of hydrogen-bond donors (Lipinski definition) is 1. The van der Waals surface area contributed by atoms with E-state index < -0.39 is 11.8 Å². The van der Waals surface area contributed by atoms with E-state index in [1.54, 1.807) is 0 Å². The fourth-order valence-electron chi connectivity index (χ4n) is 3.27. The molecular formula is C15H20FNO2. The number of anilines is 1. The number of nitrogens with zero attached hydrogens (tertiary/aromatic N) is 1. The van der Waals surface area contributed by atoms with Gasteiger partial charge in [-0.1, -0.05) is 6.92 Å². The van der Waals surface area contributed by atoms with Gasteiger partial charge >= 0.3 is 5.97 Å². The van der Waals surface area contributed by atoms with Gasteiger partial charge in [0.15, 0.2) is 0 Å². The Labute approximate surface area is 113 Å². The lowest BCUT2D eigenvalue weighted by atomic mass is 9.79. The molecule has 2 rings (SSSR count). The molecule has 1 aromatic carbocycles. The van der Waals surface area contributed by atoms with E-state index >= 15 is 0 Å². The van der Waals surface area contributed by atoms with Crippen molar-refractivity contribution < 1.29 is 14.3 Å². The molecule has 0 saturated carbocycles. The number of carboxylic acids is 1. The highest BCUT2D eigenvalue weighted by Gasteiger charge is 2.36. The van der Waals surface area contributed by atoms with E-state index in [4.69, 9.17) is 5.11 Å². The summed E-state index contributed by atoms with van der Waals surface area (Å²) in [4.78, 5) is 13.2. The zero-order valence-corrected chi connectivity index (χ0v) is 11.8. The van der Waals surface area contributed by atoms with Crippen molar-refractivity contribution in [2.75, 3.05) is 11.4 Å². The van der Waals surface area contributed by atoms with Gasteiger partial charge in [0.05, 0.1) is 5.56 Å². The summed E-state index contributed by atoms with van der Waals surface area (Å²) in [5, 5.41) is 9.03. The molecule has 0 bridgehead atoms. The van der Waals surface area contributed by atoms with E-state index in [9.17, 15) is 9.18 Å². The van der Waals surface area contributed by atoms with Crippen molar-refractivity contribution in [1.82, 2.24) is 0 Å². The average Bonchev–Trinajstić information content (AvgIpc) is 2.26. The van der Waals surface area contributed by atoms with E-state index in [1.165, 1.54) is 12.1 Å². The van der Waals surface area contributed by atoms with Crippen LogP contribution in [0.4, 0.5) is 10.1 Å². The van der Waals surface area contributed by atoms with Gasteiger partial charge in [-0.3, -0.25) is 0 Å². The van der Waals surface area contributed by atoms with Gasteiger partial charge in [-0.05, 0) is 50.8 Å². The molecule has 4 heteroatoms. The number of halogens is 1. The largest absolute Gasteiger partial charge is 0.478 e. The van der Waals surface area contributed by atoms with Gasteiger partial charge in [-0.2, -0.15) is 0 Å². The molecule has 0 fully saturated rings. The predicted molar refractivity (Wildman–Crippen MR) is 73.5 cm³/mol. The summed E-state index contributed by atoms with van der Waals surface area (Å²) in [7, 11) is 0. The van der Waals surface area contributed by atoms with Crippen LogP contribution < -0.4 is 4.90 Å². The number of carbonyl (C=O) groups is 1. The SMILES string of the molecule is CCN1c2cc(F)c(C(=O)O)cc2[C@@H](C)CC1(C)C. The second-order valence-corrected chi connectivity index (χ2v) is 5.86. The maximum atomic E-state index is 13.9. The smallest absolute Gasteiger partial charge is 0.338 e. The molecular weight excluding hydrogens is 245 g/mol. The number of fused-ring (bicyclic) bond motifs is 1. The summed E-state index contributed by atoms with van der Waals surface area (Å²) < 4.78 is 13.9. The molecule has 0 aromatic heterocycles. The third-order valence-corrected chi connectivity index (χ3v) is 4.02. The first-order chi connectivity index (χ1) is 8.77. The average molecular weight is 265 g/mol. The van der Waals surface area contributed by atoms with E-state index in [0.29, 0.717) is 0 Å². The molecule has 0 radical (unpaired) electrons. The zero-order chi connectivity index (χ0) is 14.4. The molecule has 1 aliphatic heterocycles. The van der Waals surface area contributed by atoms with Crippen LogP contribution in [0.3, 0.4) is 0 Å². The van der Waals surface area contributed by atoms with Crippen LogP contribution in [0.5, 0.6) is 0 Å². The highest BCUT2D eigenvalue weighted by Crippen LogP contribution is 2.43. The highest BCUT2D eigenvalue weighted by molar-refractivity contribution is 5.89. The van der Waals surface area contributed by atoms with Crippen molar-refractivity contribution in [3.05, 3.63) is 29.1 Å². The van der Waals surface area contributed by atoms with E-state index in [1.807, 2.05) is 6.92 Å². The Morgan fingerprint density at radius 3 is 2.68 bits per heavy atom. The van der Waals surface area contributed by atoms with Crippen molar-refractivity contribution in [3.63, 3.8) is 0 Å². The van der Waals surface area contributed by atoms with E-state index in [-0.39, 0.29) is 17.0 Å². The standard InChI is InChI=1S/C15H20FNO2/c1-5-17-13-7-12(16)11(14(18)19)6-10(13)9(2)8-15(17,3)4/h6-7,9H,5,8H2,1-4H3,(H,18,19)/t9-/m0/s1. The van der Waals surface area contributed by atoms with Crippen LogP contribution in [0.1, 0.15) is 56.0 Å². The number of rotatable bonds is 2. The number of benzene rings is 1. The molecule has 1 aromatic rings. The molecule has 0 spiro atoms. The Balaban J connectivity index is 2.63. The monoisotopic (exact) mass is 265 g/mol. The minimum absolute atomic E-state index is 0.0433. The summed E-state index contributed by atoms with van der Waals surface area (Å²) in [6.07, 6.45) is 0.929. The van der Waals surface area contributed by atoms with Gasteiger partial charge in [0.25, 0.3) is 0 Å². The third kappa shape index (κ3) is 2.20. The van der Waals surface area contributed by atoms with Crippen molar-refractivity contribution >= 4 is 11.7 Å². The molecule has 0 amide bonds. The summed E-state index contributed by atoms with van der Waals surface area (Å²) in [5.74, 6) is -1.64. The van der Waals surface area contributed by atoms with Crippen LogP contribution in [0.2, 0.25) is 0 Å². The van der Waals surface area contributed by atoms with Crippen LogP contribution in [0.15, 0.2) is 12.1 Å². The second kappa shape index (κ2) is 4.51. The highest BCUT2D eigenvalue weighted by atomic mass is 19.1. The molecule has 0 unspecified atom stereocenters. The Kier molecular flexibility index (Phi) is 3.29. The summed E-state index contributed by atoms with van der Waals surface area (Å²) >= 11 is 0. The summed E-state index contributed by atoms with van der Waals surface area (Å²) in [6, 6.07) is 2.87. The lowest BCUT2D eigenvalue weighted by Crippen LogP contribution is -2.48. The minimum Gasteiger partial charge on any atom is -0.478 e. The molecule has 19 heavy (non-hydrogen) atoms.